The molecule has 2 fully saturated rings. The fourth-order valence-corrected chi connectivity index (χ4v) is 4.11. The van der Waals surface area contributed by atoms with Gasteiger partial charge in [0.1, 0.15) is 61.0 Å². The van der Waals surface area contributed by atoms with E-state index in [9.17, 15) is 51.1 Å². The van der Waals surface area contributed by atoms with E-state index in [2.05, 4.69) is 6.58 Å². The molecule has 0 aliphatic carbocycles. The first kappa shape index (κ1) is 34.3. The number of unbranched alkanes of at least 4 members (excludes halogenated alkanes) is 1. The molecule has 0 radical (unpaired) electrons. The summed E-state index contributed by atoms with van der Waals surface area (Å²) in [5.74, 6) is 0. The minimum Gasteiger partial charge on any atom is -0.394 e. The van der Waals surface area contributed by atoms with Crippen molar-refractivity contribution in [3.05, 3.63) is 12.7 Å². The quantitative estimate of drug-likeness (QED) is 0.0442. The van der Waals surface area contributed by atoms with Crippen LogP contribution in [0.15, 0.2) is 12.7 Å². The first-order valence-electron chi connectivity index (χ1n) is 12.6. The summed E-state index contributed by atoms with van der Waals surface area (Å²) in [4.78, 5) is 0. The lowest BCUT2D eigenvalue weighted by molar-refractivity contribution is -0.367. The molecule has 13 atom stereocenters. The van der Waals surface area contributed by atoms with Crippen molar-refractivity contribution in [2.75, 3.05) is 39.6 Å². The molecule has 0 amide bonds. The fraction of sp³-hybridized carbons (Fsp3) is 0.913. The average Bonchev–Trinajstić information content (AvgIpc) is 2.95. The predicted octanol–water partition coefficient (Wildman–Crippen LogP) is -5.33. The van der Waals surface area contributed by atoms with Gasteiger partial charge >= 0.3 is 0 Å². The average molecular weight is 575 g/mol. The smallest absolute Gasteiger partial charge is 0.187 e. The second-order valence-corrected chi connectivity index (χ2v) is 9.13. The molecular weight excluding hydrogens is 532 g/mol. The molecule has 16 nitrogen and oxygen atoms in total. The number of rotatable bonds is 17. The number of hydrogen-bond donors (Lipinski definition) is 10. The number of allylic oxidation sites excluding steroid dienone is 1. The Hall–Kier alpha value is -0.900. The van der Waals surface area contributed by atoms with Gasteiger partial charge in [-0.1, -0.05) is 6.08 Å². The maximum Gasteiger partial charge on any atom is 0.187 e. The van der Waals surface area contributed by atoms with E-state index in [1.165, 1.54) is 0 Å². The first-order valence-corrected chi connectivity index (χ1v) is 12.6. The van der Waals surface area contributed by atoms with Gasteiger partial charge in [0.2, 0.25) is 0 Å². The molecule has 0 aromatic carbocycles. The third-order valence-electron chi connectivity index (χ3n) is 6.38. The topological polar surface area (TPSA) is 258 Å². The molecule has 2 heterocycles. The van der Waals surface area contributed by atoms with Crippen LogP contribution in [0.25, 0.3) is 0 Å². The molecule has 2 aliphatic heterocycles. The zero-order chi connectivity index (χ0) is 29.1. The molecule has 0 aromatic heterocycles. The fourth-order valence-electron chi connectivity index (χ4n) is 4.11. The van der Waals surface area contributed by atoms with Gasteiger partial charge in [-0.25, -0.2) is 0 Å². The van der Waals surface area contributed by atoms with E-state index >= 15 is 0 Å². The van der Waals surface area contributed by atoms with Crippen molar-refractivity contribution in [1.82, 2.24) is 0 Å². The molecule has 2 saturated heterocycles. The van der Waals surface area contributed by atoms with Crippen LogP contribution in [0.3, 0.4) is 0 Å². The summed E-state index contributed by atoms with van der Waals surface area (Å²) in [6.45, 7) is 0.251. The van der Waals surface area contributed by atoms with E-state index in [1.54, 1.807) is 6.08 Å². The van der Waals surface area contributed by atoms with Crippen LogP contribution in [0.4, 0.5) is 0 Å². The third kappa shape index (κ3) is 9.04. The lowest BCUT2D eigenvalue weighted by Gasteiger charge is -2.46. The standard InChI is InChI=1S/C23H42O16/c1-2-3-4-5-34-15(10-28)35-11(6-24)12(7-25)36-22-20(33)18(31)21(14(9-27)38-22)39-23-19(32)17(30)16(29)13(8-26)37-23/h2,11-33H,1,3-10H2/t11?,12-,13?,14?,15+,16-,17?,18?,19?,20?,21-,22+,23+/m0/s1. The maximum absolute atomic E-state index is 10.7. The summed E-state index contributed by atoms with van der Waals surface area (Å²) in [7, 11) is 0. The van der Waals surface area contributed by atoms with E-state index in [-0.39, 0.29) is 6.61 Å². The lowest BCUT2D eigenvalue weighted by atomic mass is 9.97. The van der Waals surface area contributed by atoms with Crippen molar-refractivity contribution in [1.29, 1.82) is 0 Å². The van der Waals surface area contributed by atoms with E-state index in [1.807, 2.05) is 0 Å². The van der Waals surface area contributed by atoms with Gasteiger partial charge in [0.15, 0.2) is 18.9 Å². The monoisotopic (exact) mass is 574 g/mol. The van der Waals surface area contributed by atoms with Crippen molar-refractivity contribution < 1.29 is 79.5 Å². The maximum atomic E-state index is 10.7. The molecule has 16 heteroatoms. The summed E-state index contributed by atoms with van der Waals surface area (Å²) in [6, 6.07) is 0. The van der Waals surface area contributed by atoms with Crippen LogP contribution < -0.4 is 0 Å². The van der Waals surface area contributed by atoms with Gasteiger partial charge in [0, 0.05) is 0 Å². The highest BCUT2D eigenvalue weighted by atomic mass is 16.8. The highest BCUT2D eigenvalue weighted by Gasteiger charge is 2.51. The second kappa shape index (κ2) is 17.1. The van der Waals surface area contributed by atoms with E-state index in [0.29, 0.717) is 12.8 Å². The zero-order valence-corrected chi connectivity index (χ0v) is 21.4. The van der Waals surface area contributed by atoms with Crippen LogP contribution in [-0.4, -0.2) is 171 Å². The molecule has 230 valence electrons. The minimum atomic E-state index is -1.86. The summed E-state index contributed by atoms with van der Waals surface area (Å²) >= 11 is 0. The van der Waals surface area contributed by atoms with Gasteiger partial charge in [-0.2, -0.15) is 0 Å². The Morgan fingerprint density at radius 1 is 0.718 bits per heavy atom. The Bertz CT molecular complexity index is 683. The molecule has 0 spiro atoms. The van der Waals surface area contributed by atoms with E-state index < -0.39 is 113 Å². The number of aliphatic hydroxyl groups is 10. The highest BCUT2D eigenvalue weighted by Crippen LogP contribution is 2.30. The Morgan fingerprint density at radius 3 is 1.90 bits per heavy atom. The van der Waals surface area contributed by atoms with Crippen molar-refractivity contribution >= 4 is 0 Å². The first-order chi connectivity index (χ1) is 18.7. The molecule has 2 rings (SSSR count). The Labute approximate surface area is 225 Å². The van der Waals surface area contributed by atoms with Crippen LogP contribution in [0.1, 0.15) is 12.8 Å². The molecule has 0 saturated carbocycles. The Balaban J connectivity index is 2.06. The Morgan fingerprint density at radius 2 is 1.33 bits per heavy atom. The SMILES string of the molecule is C=CCCCO[C@@H](CO)OC(CO)[C@H](CO)O[C@@H]1OC(CO)[C@H](O[C@H]2OC(CO)[C@H](O)C(O)C2O)C(O)C1O. The number of ether oxygens (including phenoxy) is 6. The lowest BCUT2D eigenvalue weighted by Crippen LogP contribution is -2.65. The molecular formula is C23H42O16. The third-order valence-corrected chi connectivity index (χ3v) is 6.38. The number of hydrogen-bond acceptors (Lipinski definition) is 16. The van der Waals surface area contributed by atoms with Crippen LogP contribution in [-0.2, 0) is 28.4 Å². The molecule has 2 aliphatic rings. The number of aliphatic hydroxyl groups excluding tert-OH is 10. The Kier molecular flexibility index (Phi) is 15.1. The van der Waals surface area contributed by atoms with Gasteiger partial charge in [-0.15, -0.1) is 6.58 Å². The van der Waals surface area contributed by atoms with Gasteiger partial charge < -0.3 is 79.5 Å². The summed E-state index contributed by atoms with van der Waals surface area (Å²) < 4.78 is 32.7. The van der Waals surface area contributed by atoms with E-state index in [0.717, 1.165) is 0 Å². The second-order valence-electron chi connectivity index (χ2n) is 9.13. The van der Waals surface area contributed by atoms with Crippen LogP contribution in [0.5, 0.6) is 0 Å². The van der Waals surface area contributed by atoms with Crippen molar-refractivity contribution in [3.63, 3.8) is 0 Å². The van der Waals surface area contributed by atoms with Gasteiger partial charge in [0.05, 0.1) is 39.6 Å². The molecule has 0 bridgehead atoms. The van der Waals surface area contributed by atoms with Crippen molar-refractivity contribution in [3.8, 4) is 0 Å². The van der Waals surface area contributed by atoms with Crippen LogP contribution in [0, 0.1) is 0 Å². The molecule has 39 heavy (non-hydrogen) atoms. The van der Waals surface area contributed by atoms with Crippen LogP contribution >= 0.6 is 0 Å². The highest BCUT2D eigenvalue weighted by molar-refractivity contribution is 4.94. The predicted molar refractivity (Wildman–Crippen MR) is 127 cm³/mol. The van der Waals surface area contributed by atoms with E-state index in [4.69, 9.17) is 28.4 Å². The van der Waals surface area contributed by atoms with Gasteiger partial charge in [-0.3, -0.25) is 0 Å². The van der Waals surface area contributed by atoms with Crippen LogP contribution in [0.2, 0.25) is 0 Å². The summed E-state index contributed by atoms with van der Waals surface area (Å²) in [6.07, 6.45) is -17.4. The summed E-state index contributed by atoms with van der Waals surface area (Å²) in [5.41, 5.74) is 0. The van der Waals surface area contributed by atoms with Crippen molar-refractivity contribution in [2.24, 2.45) is 0 Å². The van der Waals surface area contributed by atoms with Crippen molar-refractivity contribution in [2.45, 2.75) is 92.8 Å². The normalized spacial score (nSPS) is 37.8. The van der Waals surface area contributed by atoms with Gasteiger partial charge in [-0.05, 0) is 12.8 Å². The largest absolute Gasteiger partial charge is 0.394 e. The molecule has 10 N–H and O–H groups in total. The minimum absolute atomic E-state index is 0.213. The van der Waals surface area contributed by atoms with Gasteiger partial charge in [0.25, 0.3) is 0 Å². The molecule has 0 aromatic rings. The zero-order valence-electron chi connectivity index (χ0n) is 21.4. The molecule has 7 unspecified atom stereocenters. The summed E-state index contributed by atoms with van der Waals surface area (Å²) in [5, 5.41) is 99.8.